The molecule has 2 aliphatic rings. The highest BCUT2D eigenvalue weighted by molar-refractivity contribution is 5.91. The summed E-state index contributed by atoms with van der Waals surface area (Å²) in [6.07, 6.45) is 9.47. The first-order valence-electron chi connectivity index (χ1n) is 12.3. The van der Waals surface area contributed by atoms with Crippen molar-refractivity contribution in [3.05, 3.63) is 60.6 Å². The molecule has 180 valence electrons. The average molecular weight is 480 g/mol. The van der Waals surface area contributed by atoms with Crippen molar-refractivity contribution in [2.45, 2.75) is 25.8 Å². The van der Waals surface area contributed by atoms with Crippen LogP contribution in [0.25, 0.3) is 45.1 Å². The molecule has 4 aromatic heterocycles. The van der Waals surface area contributed by atoms with E-state index in [2.05, 4.69) is 36.1 Å². The molecule has 7 rings (SSSR count). The summed E-state index contributed by atoms with van der Waals surface area (Å²) in [5.74, 6) is 2.18. The summed E-state index contributed by atoms with van der Waals surface area (Å²) in [5, 5.41) is 7.68. The lowest BCUT2D eigenvalue weighted by Crippen LogP contribution is -2.29. The largest absolute Gasteiger partial charge is 0.454 e. The molecule has 0 amide bonds. The Bertz CT molecular complexity index is 1550. The van der Waals surface area contributed by atoms with Gasteiger partial charge >= 0.3 is 0 Å². The predicted molar refractivity (Wildman–Crippen MR) is 135 cm³/mol. The Morgan fingerprint density at radius 3 is 2.78 bits per heavy atom. The van der Waals surface area contributed by atoms with E-state index in [-0.39, 0.29) is 6.79 Å². The third kappa shape index (κ3) is 3.87. The summed E-state index contributed by atoms with van der Waals surface area (Å²) in [6, 6.07) is 12.1. The van der Waals surface area contributed by atoms with Gasteiger partial charge in [0.25, 0.3) is 0 Å². The molecule has 0 unspecified atom stereocenters. The highest BCUT2D eigenvalue weighted by Gasteiger charge is 2.18. The van der Waals surface area contributed by atoms with Gasteiger partial charge in [0.2, 0.25) is 6.79 Å². The molecule has 2 aliphatic heterocycles. The van der Waals surface area contributed by atoms with E-state index in [1.165, 1.54) is 24.8 Å². The van der Waals surface area contributed by atoms with Crippen molar-refractivity contribution in [2.75, 3.05) is 19.9 Å². The summed E-state index contributed by atoms with van der Waals surface area (Å²) in [6.45, 7) is 3.49. The molecule has 0 spiro atoms. The molecule has 9 heteroatoms. The number of fused-ring (bicyclic) bond motifs is 2. The van der Waals surface area contributed by atoms with Crippen LogP contribution in [0.2, 0.25) is 0 Å². The first kappa shape index (κ1) is 21.1. The molecule has 2 N–H and O–H groups in total. The molecule has 0 atom stereocenters. The number of hydrogen-bond acceptors (Lipinski definition) is 7. The van der Waals surface area contributed by atoms with Gasteiger partial charge in [-0.2, -0.15) is 5.10 Å². The summed E-state index contributed by atoms with van der Waals surface area (Å²) in [5.41, 5.74) is 7.32. The van der Waals surface area contributed by atoms with Gasteiger partial charge in [0.15, 0.2) is 23.0 Å². The summed E-state index contributed by atoms with van der Waals surface area (Å²) in [4.78, 5) is 19.6. The number of benzene rings is 1. The first-order valence-corrected chi connectivity index (χ1v) is 12.3. The smallest absolute Gasteiger partial charge is 0.231 e. The highest BCUT2D eigenvalue weighted by atomic mass is 16.7. The van der Waals surface area contributed by atoms with Gasteiger partial charge in [-0.3, -0.25) is 15.0 Å². The van der Waals surface area contributed by atoms with Gasteiger partial charge in [-0.05, 0) is 67.4 Å². The quantitative estimate of drug-likeness (QED) is 0.373. The third-order valence-corrected chi connectivity index (χ3v) is 6.85. The molecule has 9 nitrogen and oxygen atoms in total. The van der Waals surface area contributed by atoms with E-state index < -0.39 is 0 Å². The zero-order chi connectivity index (χ0) is 23.9. The van der Waals surface area contributed by atoms with E-state index in [1.54, 1.807) is 6.20 Å². The van der Waals surface area contributed by atoms with Crippen LogP contribution in [-0.4, -0.2) is 54.9 Å². The van der Waals surface area contributed by atoms with Crippen LogP contribution in [0, 0.1) is 0 Å². The normalized spacial score (nSPS) is 15.6. The van der Waals surface area contributed by atoms with E-state index >= 15 is 0 Å². The van der Waals surface area contributed by atoms with Crippen LogP contribution < -0.4 is 9.47 Å². The summed E-state index contributed by atoms with van der Waals surface area (Å²) in [7, 11) is 0. The maximum atomic E-state index is 5.56. The second-order valence-electron chi connectivity index (χ2n) is 9.30. The number of piperidine rings is 1. The molecule has 0 aliphatic carbocycles. The first-order chi connectivity index (χ1) is 17.8. The standard InChI is InChI=1S/C27H25N7O2/c1-2-8-34(9-3-1)15-17-10-19(14-28-13-17)21-12-22(33-32-21)26-30-25-20(6-7-29-27(25)31-26)18-4-5-23-24(11-18)36-16-35-23/h4-7,10-14H,1-3,8-9,15-16H2,(H,32,33)(H,29,30,31). The highest BCUT2D eigenvalue weighted by Crippen LogP contribution is 2.37. The van der Waals surface area contributed by atoms with E-state index in [0.29, 0.717) is 11.5 Å². The molecule has 0 radical (unpaired) electrons. The fourth-order valence-corrected chi connectivity index (χ4v) is 5.02. The number of likely N-dealkylation sites (tertiary alicyclic amines) is 1. The van der Waals surface area contributed by atoms with Gasteiger partial charge in [-0.1, -0.05) is 12.5 Å². The molecule has 6 heterocycles. The van der Waals surface area contributed by atoms with E-state index in [0.717, 1.165) is 64.7 Å². The SMILES string of the molecule is c1cc(-c2ccc3c(c2)OCO3)c2[nH]c(-c3cc(-c4cncc(CN5CCCCC5)c4)n[nH]3)nc2n1. The Hall–Kier alpha value is -4.24. The maximum Gasteiger partial charge on any atom is 0.231 e. The number of ether oxygens (including phenoxy) is 2. The number of pyridine rings is 2. The van der Waals surface area contributed by atoms with Gasteiger partial charge in [0, 0.05) is 36.3 Å². The Kier molecular flexibility index (Phi) is 5.13. The Labute approximate surface area is 207 Å². The van der Waals surface area contributed by atoms with Crippen molar-refractivity contribution in [1.82, 2.24) is 35.0 Å². The number of rotatable bonds is 5. The van der Waals surface area contributed by atoms with E-state index in [9.17, 15) is 0 Å². The van der Waals surface area contributed by atoms with Crippen LogP contribution in [0.5, 0.6) is 11.5 Å². The van der Waals surface area contributed by atoms with Crippen LogP contribution in [0.15, 0.2) is 55.0 Å². The van der Waals surface area contributed by atoms with Crippen LogP contribution in [0.4, 0.5) is 0 Å². The zero-order valence-electron chi connectivity index (χ0n) is 19.7. The summed E-state index contributed by atoms with van der Waals surface area (Å²) < 4.78 is 11.0. The Morgan fingerprint density at radius 1 is 0.917 bits per heavy atom. The van der Waals surface area contributed by atoms with Crippen molar-refractivity contribution in [1.29, 1.82) is 0 Å². The number of imidazole rings is 1. The molecule has 36 heavy (non-hydrogen) atoms. The fourth-order valence-electron chi connectivity index (χ4n) is 5.02. The van der Waals surface area contributed by atoms with Crippen LogP contribution in [0.1, 0.15) is 24.8 Å². The lowest BCUT2D eigenvalue weighted by Gasteiger charge is -2.26. The number of aromatic nitrogens is 6. The molecule has 1 fully saturated rings. The molecule has 0 saturated carbocycles. The minimum Gasteiger partial charge on any atom is -0.454 e. The van der Waals surface area contributed by atoms with E-state index in [4.69, 9.17) is 14.5 Å². The van der Waals surface area contributed by atoms with Gasteiger partial charge in [-0.25, -0.2) is 9.97 Å². The number of H-pyrrole nitrogens is 2. The second-order valence-corrected chi connectivity index (χ2v) is 9.30. The molecule has 1 aromatic carbocycles. The molecule has 5 aromatic rings. The lowest BCUT2D eigenvalue weighted by molar-refractivity contribution is 0.174. The predicted octanol–water partition coefficient (Wildman–Crippen LogP) is 4.79. The number of aromatic amines is 2. The monoisotopic (exact) mass is 479 g/mol. The Balaban J connectivity index is 1.18. The Morgan fingerprint density at radius 2 is 1.83 bits per heavy atom. The van der Waals surface area contributed by atoms with Crippen LogP contribution >= 0.6 is 0 Å². The molecule has 0 bridgehead atoms. The van der Waals surface area contributed by atoms with E-state index in [1.807, 2.05) is 42.7 Å². The molecular formula is C27H25N7O2. The molecule has 1 saturated heterocycles. The number of hydrogen-bond donors (Lipinski definition) is 2. The van der Waals surface area contributed by atoms with Crippen molar-refractivity contribution in [3.8, 4) is 45.4 Å². The average Bonchev–Trinajstić information content (AvgIpc) is 3.68. The lowest BCUT2D eigenvalue weighted by atomic mass is 10.1. The molecular weight excluding hydrogens is 454 g/mol. The van der Waals surface area contributed by atoms with Gasteiger partial charge in [0.05, 0.1) is 11.2 Å². The fraction of sp³-hybridized carbons (Fsp3) is 0.259. The van der Waals surface area contributed by atoms with Crippen molar-refractivity contribution in [3.63, 3.8) is 0 Å². The topological polar surface area (TPSA) is 105 Å². The van der Waals surface area contributed by atoms with Gasteiger partial charge in [0.1, 0.15) is 5.69 Å². The summed E-state index contributed by atoms with van der Waals surface area (Å²) >= 11 is 0. The minimum atomic E-state index is 0.248. The van der Waals surface area contributed by atoms with Crippen LogP contribution in [0.3, 0.4) is 0 Å². The van der Waals surface area contributed by atoms with Gasteiger partial charge in [-0.15, -0.1) is 0 Å². The number of nitrogens with one attached hydrogen (secondary N) is 2. The minimum absolute atomic E-state index is 0.248. The third-order valence-electron chi connectivity index (χ3n) is 6.85. The van der Waals surface area contributed by atoms with Crippen LogP contribution in [-0.2, 0) is 6.54 Å². The zero-order valence-corrected chi connectivity index (χ0v) is 19.7. The maximum absolute atomic E-state index is 5.56. The second kappa shape index (κ2) is 8.76. The van der Waals surface area contributed by atoms with Crippen molar-refractivity contribution in [2.24, 2.45) is 0 Å². The van der Waals surface area contributed by atoms with Crippen molar-refractivity contribution < 1.29 is 9.47 Å². The number of nitrogens with zero attached hydrogens (tertiary/aromatic N) is 5. The van der Waals surface area contributed by atoms with Crippen molar-refractivity contribution >= 4 is 11.2 Å². The van der Waals surface area contributed by atoms with Gasteiger partial charge < -0.3 is 14.5 Å².